The SMILES string of the molecule is Cc1nn(-c2ccc(F)cc2)c(C)c1CC(=O)NC[C@H]1COc2ccccc2C1. The first-order chi connectivity index (χ1) is 14.0. The zero-order valence-corrected chi connectivity index (χ0v) is 16.6. The molecular formula is C23H24FN3O2. The summed E-state index contributed by atoms with van der Waals surface area (Å²) in [5, 5.41) is 7.57. The number of fused-ring (bicyclic) bond motifs is 1. The van der Waals surface area contributed by atoms with Crippen molar-refractivity contribution in [2.24, 2.45) is 5.92 Å². The molecule has 3 aromatic rings. The number of para-hydroxylation sites is 1. The lowest BCUT2D eigenvalue weighted by Gasteiger charge is -2.25. The molecule has 0 unspecified atom stereocenters. The van der Waals surface area contributed by atoms with Crippen LogP contribution in [0.25, 0.3) is 5.69 Å². The largest absolute Gasteiger partial charge is 0.493 e. The summed E-state index contributed by atoms with van der Waals surface area (Å²) in [7, 11) is 0. The number of nitrogens with zero attached hydrogens (tertiary/aromatic N) is 2. The number of carbonyl (C=O) groups is 1. The van der Waals surface area contributed by atoms with Gasteiger partial charge in [-0.1, -0.05) is 18.2 Å². The monoisotopic (exact) mass is 393 g/mol. The van der Waals surface area contributed by atoms with E-state index in [0.717, 1.165) is 34.8 Å². The summed E-state index contributed by atoms with van der Waals surface area (Å²) in [6.45, 7) is 5.01. The molecule has 0 aliphatic carbocycles. The molecule has 0 saturated heterocycles. The Balaban J connectivity index is 1.38. The Morgan fingerprint density at radius 2 is 1.97 bits per heavy atom. The predicted molar refractivity (Wildman–Crippen MR) is 109 cm³/mol. The third kappa shape index (κ3) is 4.16. The van der Waals surface area contributed by atoms with Gasteiger partial charge in [-0.3, -0.25) is 4.79 Å². The van der Waals surface area contributed by atoms with Gasteiger partial charge in [0.2, 0.25) is 5.91 Å². The highest BCUT2D eigenvalue weighted by Crippen LogP contribution is 2.26. The number of nitrogens with one attached hydrogen (secondary N) is 1. The lowest BCUT2D eigenvalue weighted by Crippen LogP contribution is -2.35. The number of ether oxygens (including phenoxy) is 1. The molecule has 2 heterocycles. The summed E-state index contributed by atoms with van der Waals surface area (Å²) < 4.78 is 20.7. The molecule has 0 saturated carbocycles. The van der Waals surface area contributed by atoms with Gasteiger partial charge in [-0.2, -0.15) is 5.10 Å². The van der Waals surface area contributed by atoms with E-state index < -0.39 is 0 Å². The molecule has 6 heteroatoms. The van der Waals surface area contributed by atoms with Gasteiger partial charge in [-0.15, -0.1) is 0 Å². The summed E-state index contributed by atoms with van der Waals surface area (Å²) in [6.07, 6.45) is 1.17. The van der Waals surface area contributed by atoms with E-state index in [9.17, 15) is 9.18 Å². The van der Waals surface area contributed by atoms with Crippen LogP contribution in [0.5, 0.6) is 5.75 Å². The van der Waals surface area contributed by atoms with Gasteiger partial charge in [0.15, 0.2) is 0 Å². The van der Waals surface area contributed by atoms with Crippen LogP contribution < -0.4 is 10.1 Å². The van der Waals surface area contributed by atoms with Crippen LogP contribution in [0.2, 0.25) is 0 Å². The average molecular weight is 393 g/mol. The fourth-order valence-corrected chi connectivity index (χ4v) is 3.77. The third-order valence-corrected chi connectivity index (χ3v) is 5.39. The van der Waals surface area contributed by atoms with Crippen molar-refractivity contribution in [3.05, 3.63) is 76.9 Å². The van der Waals surface area contributed by atoms with Crippen molar-refractivity contribution in [1.82, 2.24) is 15.1 Å². The first kappa shape index (κ1) is 19.2. The number of hydrogen-bond acceptors (Lipinski definition) is 3. The summed E-state index contributed by atoms with van der Waals surface area (Å²) in [5.74, 6) is 0.880. The number of benzene rings is 2. The van der Waals surface area contributed by atoms with E-state index in [0.29, 0.717) is 13.2 Å². The number of hydrogen-bond donors (Lipinski definition) is 1. The number of halogens is 1. The molecule has 1 aliphatic heterocycles. The Morgan fingerprint density at radius 3 is 2.76 bits per heavy atom. The maximum Gasteiger partial charge on any atom is 0.224 e. The molecule has 1 aliphatic rings. The van der Waals surface area contributed by atoms with E-state index in [1.165, 1.54) is 17.7 Å². The molecule has 1 atom stereocenters. The van der Waals surface area contributed by atoms with Crippen LogP contribution in [0.15, 0.2) is 48.5 Å². The second kappa shape index (κ2) is 8.07. The number of aromatic nitrogens is 2. The van der Waals surface area contributed by atoms with Crippen LogP contribution in [-0.2, 0) is 17.6 Å². The molecule has 0 spiro atoms. The van der Waals surface area contributed by atoms with Crippen LogP contribution in [0.4, 0.5) is 4.39 Å². The quantitative estimate of drug-likeness (QED) is 0.721. The van der Waals surface area contributed by atoms with E-state index in [1.54, 1.807) is 16.8 Å². The Morgan fingerprint density at radius 1 is 1.21 bits per heavy atom. The first-order valence-electron chi connectivity index (χ1n) is 9.79. The highest BCUT2D eigenvalue weighted by atomic mass is 19.1. The lowest BCUT2D eigenvalue weighted by molar-refractivity contribution is -0.120. The Bertz CT molecular complexity index is 1030. The van der Waals surface area contributed by atoms with Crippen LogP contribution >= 0.6 is 0 Å². The molecule has 1 N–H and O–H groups in total. The van der Waals surface area contributed by atoms with Crippen molar-refractivity contribution < 1.29 is 13.9 Å². The minimum atomic E-state index is -0.288. The van der Waals surface area contributed by atoms with Crippen LogP contribution in [0.1, 0.15) is 22.5 Å². The van der Waals surface area contributed by atoms with Crippen molar-refractivity contribution in [2.75, 3.05) is 13.2 Å². The number of amides is 1. The number of carbonyl (C=O) groups excluding carboxylic acids is 1. The van der Waals surface area contributed by atoms with Crippen molar-refractivity contribution in [2.45, 2.75) is 26.7 Å². The summed E-state index contributed by atoms with van der Waals surface area (Å²) in [5.41, 5.74) is 4.55. The molecule has 150 valence electrons. The second-order valence-electron chi connectivity index (χ2n) is 7.51. The van der Waals surface area contributed by atoms with Crippen molar-refractivity contribution >= 4 is 5.91 Å². The Labute approximate surface area is 169 Å². The molecule has 1 amide bonds. The van der Waals surface area contributed by atoms with E-state index in [1.807, 2.05) is 32.0 Å². The summed E-state index contributed by atoms with van der Waals surface area (Å²) >= 11 is 0. The summed E-state index contributed by atoms with van der Waals surface area (Å²) in [4.78, 5) is 12.6. The van der Waals surface area contributed by atoms with Crippen LogP contribution in [-0.4, -0.2) is 28.8 Å². The van der Waals surface area contributed by atoms with Crippen molar-refractivity contribution in [1.29, 1.82) is 0 Å². The van der Waals surface area contributed by atoms with Crippen molar-refractivity contribution in [3.63, 3.8) is 0 Å². The zero-order chi connectivity index (χ0) is 20.4. The molecule has 29 heavy (non-hydrogen) atoms. The highest BCUT2D eigenvalue weighted by Gasteiger charge is 2.21. The van der Waals surface area contributed by atoms with Gasteiger partial charge in [0.1, 0.15) is 11.6 Å². The molecule has 4 rings (SSSR count). The molecule has 0 bridgehead atoms. The molecule has 5 nitrogen and oxygen atoms in total. The molecular weight excluding hydrogens is 369 g/mol. The first-order valence-corrected chi connectivity index (χ1v) is 9.79. The molecule has 1 aromatic heterocycles. The smallest absolute Gasteiger partial charge is 0.224 e. The maximum atomic E-state index is 13.2. The third-order valence-electron chi connectivity index (χ3n) is 5.39. The summed E-state index contributed by atoms with van der Waals surface area (Å²) in [6, 6.07) is 14.2. The van der Waals surface area contributed by atoms with E-state index >= 15 is 0 Å². The van der Waals surface area contributed by atoms with E-state index in [-0.39, 0.29) is 24.1 Å². The van der Waals surface area contributed by atoms with E-state index in [2.05, 4.69) is 16.5 Å². The van der Waals surface area contributed by atoms with Gasteiger partial charge in [-0.05, 0) is 56.2 Å². The molecule has 0 radical (unpaired) electrons. The van der Waals surface area contributed by atoms with Gasteiger partial charge < -0.3 is 10.1 Å². The van der Waals surface area contributed by atoms with Crippen LogP contribution in [0.3, 0.4) is 0 Å². The van der Waals surface area contributed by atoms with Gasteiger partial charge in [0, 0.05) is 23.7 Å². The standard InChI is InChI=1S/C23H24FN3O2/c1-15-21(16(2)27(26-15)20-9-7-19(24)8-10-20)12-23(28)25-13-17-11-18-5-3-4-6-22(18)29-14-17/h3-10,17H,11-14H2,1-2H3,(H,25,28)/t17-/m0/s1. The zero-order valence-electron chi connectivity index (χ0n) is 16.6. The molecule has 0 fully saturated rings. The fraction of sp³-hybridized carbons (Fsp3) is 0.304. The van der Waals surface area contributed by atoms with E-state index in [4.69, 9.17) is 4.74 Å². The minimum absolute atomic E-state index is 0.0336. The van der Waals surface area contributed by atoms with Gasteiger partial charge in [-0.25, -0.2) is 9.07 Å². The maximum absolute atomic E-state index is 13.2. The normalized spacial score (nSPS) is 15.5. The molecule has 2 aromatic carbocycles. The number of rotatable bonds is 5. The Hall–Kier alpha value is -3.15. The van der Waals surface area contributed by atoms with Gasteiger partial charge in [0.25, 0.3) is 0 Å². The topological polar surface area (TPSA) is 56.2 Å². The fourth-order valence-electron chi connectivity index (χ4n) is 3.77. The highest BCUT2D eigenvalue weighted by molar-refractivity contribution is 5.79. The average Bonchev–Trinajstić information content (AvgIpc) is 3.01. The van der Waals surface area contributed by atoms with Crippen LogP contribution in [0, 0.1) is 25.6 Å². The Kier molecular flexibility index (Phi) is 5.34. The van der Waals surface area contributed by atoms with Crippen molar-refractivity contribution in [3.8, 4) is 11.4 Å². The predicted octanol–water partition coefficient (Wildman–Crippen LogP) is 3.54. The lowest BCUT2D eigenvalue weighted by atomic mass is 9.96. The van der Waals surface area contributed by atoms with Gasteiger partial charge >= 0.3 is 0 Å². The second-order valence-corrected chi connectivity index (χ2v) is 7.51. The van der Waals surface area contributed by atoms with Gasteiger partial charge in [0.05, 0.1) is 24.4 Å². The minimum Gasteiger partial charge on any atom is -0.493 e. The number of aryl methyl sites for hydroxylation is 1.